The second-order valence-electron chi connectivity index (χ2n) is 6.58. The molecule has 0 bridgehead atoms. The molecule has 132 valence electrons. The summed E-state index contributed by atoms with van der Waals surface area (Å²) in [6.07, 6.45) is 0.250. The Morgan fingerprint density at radius 2 is 1.52 bits per heavy atom. The molecule has 0 aliphatic heterocycles. The molecule has 0 aliphatic carbocycles. The number of aryl methyl sites for hydroxylation is 4. The zero-order valence-electron chi connectivity index (χ0n) is 15.6. The van der Waals surface area contributed by atoms with E-state index in [1.807, 2.05) is 58.0 Å². The molecule has 0 atom stereocenters. The molecule has 0 saturated carbocycles. The highest BCUT2D eigenvalue weighted by atomic mass is 16.2. The standard InChI is InChI=1S/C21H26N2O2/c1-14-11-15(2)13-19(12-14)23(18(5)24)10-9-20(25)22-21-16(3)7-6-8-17(21)4/h6-8,11-13H,9-10H2,1-5H3,(H,22,25). The van der Waals surface area contributed by atoms with Crippen LogP contribution in [0.5, 0.6) is 0 Å². The van der Waals surface area contributed by atoms with Crippen molar-refractivity contribution >= 4 is 23.2 Å². The van der Waals surface area contributed by atoms with Gasteiger partial charge in [-0.1, -0.05) is 24.3 Å². The van der Waals surface area contributed by atoms with E-state index in [1.165, 1.54) is 6.92 Å². The van der Waals surface area contributed by atoms with Crippen molar-refractivity contribution in [2.24, 2.45) is 0 Å². The number of benzene rings is 2. The lowest BCUT2D eigenvalue weighted by Gasteiger charge is -2.22. The predicted octanol–water partition coefficient (Wildman–Crippen LogP) is 4.30. The van der Waals surface area contributed by atoms with Crippen LogP contribution in [0.4, 0.5) is 11.4 Å². The van der Waals surface area contributed by atoms with E-state index >= 15 is 0 Å². The number of amides is 2. The molecule has 0 spiro atoms. The van der Waals surface area contributed by atoms with Gasteiger partial charge in [0.05, 0.1) is 0 Å². The molecule has 0 aromatic heterocycles. The number of nitrogens with zero attached hydrogens (tertiary/aromatic N) is 1. The summed E-state index contributed by atoms with van der Waals surface area (Å²) in [6, 6.07) is 11.9. The maximum absolute atomic E-state index is 12.4. The predicted molar refractivity (Wildman–Crippen MR) is 103 cm³/mol. The van der Waals surface area contributed by atoms with Gasteiger partial charge in [0.25, 0.3) is 0 Å². The number of hydrogen-bond acceptors (Lipinski definition) is 2. The van der Waals surface area contributed by atoms with Gasteiger partial charge in [0, 0.05) is 31.3 Å². The SMILES string of the molecule is CC(=O)N(CCC(=O)Nc1c(C)cccc1C)c1cc(C)cc(C)c1. The minimum Gasteiger partial charge on any atom is -0.326 e. The van der Waals surface area contributed by atoms with Gasteiger partial charge in [0.1, 0.15) is 0 Å². The van der Waals surface area contributed by atoms with Gasteiger partial charge in [-0.15, -0.1) is 0 Å². The Hall–Kier alpha value is -2.62. The third kappa shape index (κ3) is 4.92. The number of carbonyl (C=O) groups is 2. The van der Waals surface area contributed by atoms with Crippen molar-refractivity contribution in [2.45, 2.75) is 41.0 Å². The van der Waals surface area contributed by atoms with Gasteiger partial charge in [0.2, 0.25) is 11.8 Å². The summed E-state index contributed by atoms with van der Waals surface area (Å²) in [5.74, 6) is -0.155. The second-order valence-corrected chi connectivity index (χ2v) is 6.58. The highest BCUT2D eigenvalue weighted by molar-refractivity contribution is 5.95. The summed E-state index contributed by atoms with van der Waals surface area (Å²) < 4.78 is 0. The summed E-state index contributed by atoms with van der Waals surface area (Å²) in [4.78, 5) is 26.1. The number of para-hydroxylation sites is 1. The molecule has 0 fully saturated rings. The fourth-order valence-electron chi connectivity index (χ4n) is 3.00. The van der Waals surface area contributed by atoms with E-state index in [0.29, 0.717) is 6.54 Å². The zero-order valence-corrected chi connectivity index (χ0v) is 15.6. The normalized spacial score (nSPS) is 10.4. The first-order chi connectivity index (χ1) is 11.8. The molecule has 0 unspecified atom stereocenters. The van der Waals surface area contributed by atoms with Crippen molar-refractivity contribution < 1.29 is 9.59 Å². The molecule has 0 aliphatic rings. The van der Waals surface area contributed by atoms with Crippen molar-refractivity contribution in [3.8, 4) is 0 Å². The summed E-state index contributed by atoms with van der Waals surface area (Å²) in [6.45, 7) is 9.83. The first-order valence-electron chi connectivity index (χ1n) is 8.50. The Morgan fingerprint density at radius 3 is 2.04 bits per heavy atom. The van der Waals surface area contributed by atoms with Gasteiger partial charge >= 0.3 is 0 Å². The number of rotatable bonds is 5. The Balaban J connectivity index is 2.08. The van der Waals surface area contributed by atoms with E-state index in [-0.39, 0.29) is 18.2 Å². The van der Waals surface area contributed by atoms with E-state index in [0.717, 1.165) is 33.6 Å². The largest absolute Gasteiger partial charge is 0.326 e. The van der Waals surface area contributed by atoms with Crippen molar-refractivity contribution in [1.82, 2.24) is 0 Å². The van der Waals surface area contributed by atoms with Crippen molar-refractivity contribution in [2.75, 3.05) is 16.8 Å². The molecule has 25 heavy (non-hydrogen) atoms. The third-order valence-corrected chi connectivity index (χ3v) is 4.21. The van der Waals surface area contributed by atoms with Crippen LogP contribution in [-0.2, 0) is 9.59 Å². The number of carbonyl (C=O) groups excluding carboxylic acids is 2. The highest BCUT2D eigenvalue weighted by Gasteiger charge is 2.15. The smallest absolute Gasteiger partial charge is 0.226 e. The van der Waals surface area contributed by atoms with Crippen LogP contribution < -0.4 is 10.2 Å². The molecule has 0 saturated heterocycles. The summed E-state index contributed by atoms with van der Waals surface area (Å²) in [7, 11) is 0. The van der Waals surface area contributed by atoms with E-state index in [9.17, 15) is 9.59 Å². The molecule has 2 aromatic rings. The van der Waals surface area contributed by atoms with Crippen LogP contribution in [0.15, 0.2) is 36.4 Å². The fraction of sp³-hybridized carbons (Fsp3) is 0.333. The molecular formula is C21H26N2O2. The zero-order chi connectivity index (χ0) is 18.6. The van der Waals surface area contributed by atoms with E-state index < -0.39 is 0 Å². The summed E-state index contributed by atoms with van der Waals surface area (Å²) in [5.41, 5.74) is 5.96. The van der Waals surface area contributed by atoms with Gasteiger partial charge in [0.15, 0.2) is 0 Å². The highest BCUT2D eigenvalue weighted by Crippen LogP contribution is 2.21. The first kappa shape index (κ1) is 18.7. The minimum atomic E-state index is -0.0898. The summed E-state index contributed by atoms with van der Waals surface area (Å²) >= 11 is 0. The molecule has 0 radical (unpaired) electrons. The number of anilines is 2. The monoisotopic (exact) mass is 338 g/mol. The topological polar surface area (TPSA) is 49.4 Å². The van der Waals surface area contributed by atoms with Crippen LogP contribution in [0.25, 0.3) is 0 Å². The Labute approximate surface area is 149 Å². The molecule has 1 N–H and O–H groups in total. The van der Waals surface area contributed by atoms with Gasteiger partial charge in [-0.05, 0) is 62.1 Å². The van der Waals surface area contributed by atoms with Crippen molar-refractivity contribution in [1.29, 1.82) is 0 Å². The van der Waals surface area contributed by atoms with Crippen LogP contribution in [0.2, 0.25) is 0 Å². The fourth-order valence-corrected chi connectivity index (χ4v) is 3.00. The molecule has 2 aromatic carbocycles. The minimum absolute atomic E-state index is 0.0649. The Bertz CT molecular complexity index is 756. The van der Waals surface area contributed by atoms with Gasteiger partial charge in [-0.2, -0.15) is 0 Å². The van der Waals surface area contributed by atoms with Crippen LogP contribution in [-0.4, -0.2) is 18.4 Å². The lowest BCUT2D eigenvalue weighted by atomic mass is 10.1. The Morgan fingerprint density at radius 1 is 0.960 bits per heavy atom. The van der Waals surface area contributed by atoms with Crippen molar-refractivity contribution in [3.05, 3.63) is 58.7 Å². The average molecular weight is 338 g/mol. The third-order valence-electron chi connectivity index (χ3n) is 4.21. The van der Waals surface area contributed by atoms with E-state index in [1.54, 1.807) is 4.90 Å². The van der Waals surface area contributed by atoms with Crippen molar-refractivity contribution in [3.63, 3.8) is 0 Å². The van der Waals surface area contributed by atoms with E-state index in [4.69, 9.17) is 0 Å². The number of hydrogen-bond donors (Lipinski definition) is 1. The van der Waals surface area contributed by atoms with Crippen LogP contribution in [0.1, 0.15) is 35.6 Å². The second kappa shape index (κ2) is 7.97. The number of nitrogens with one attached hydrogen (secondary N) is 1. The first-order valence-corrected chi connectivity index (χ1v) is 8.50. The maximum atomic E-state index is 12.4. The molecule has 4 nitrogen and oxygen atoms in total. The Kier molecular flexibility index (Phi) is 5.97. The molecule has 0 heterocycles. The average Bonchev–Trinajstić information content (AvgIpc) is 2.50. The van der Waals surface area contributed by atoms with Crippen LogP contribution in [0, 0.1) is 27.7 Å². The van der Waals surface area contributed by atoms with Gasteiger partial charge in [-0.25, -0.2) is 0 Å². The maximum Gasteiger partial charge on any atom is 0.226 e. The quantitative estimate of drug-likeness (QED) is 0.883. The van der Waals surface area contributed by atoms with Gasteiger partial charge < -0.3 is 10.2 Å². The molecule has 4 heteroatoms. The van der Waals surface area contributed by atoms with Crippen LogP contribution >= 0.6 is 0 Å². The summed E-state index contributed by atoms with van der Waals surface area (Å²) in [5, 5.41) is 2.97. The van der Waals surface area contributed by atoms with E-state index in [2.05, 4.69) is 11.4 Å². The lowest BCUT2D eigenvalue weighted by molar-refractivity contribution is -0.117. The van der Waals surface area contributed by atoms with Crippen LogP contribution in [0.3, 0.4) is 0 Å². The lowest BCUT2D eigenvalue weighted by Crippen LogP contribution is -2.32. The molecule has 2 rings (SSSR count). The molecular weight excluding hydrogens is 312 g/mol. The van der Waals surface area contributed by atoms with Gasteiger partial charge in [-0.3, -0.25) is 9.59 Å². The molecule has 2 amide bonds.